The van der Waals surface area contributed by atoms with Crippen LogP contribution in [0, 0.1) is 6.92 Å². The Kier molecular flexibility index (Phi) is 3.66. The van der Waals surface area contributed by atoms with Crippen molar-refractivity contribution >= 4 is 5.82 Å². The van der Waals surface area contributed by atoms with Gasteiger partial charge in [0.2, 0.25) is 5.88 Å². The van der Waals surface area contributed by atoms with Crippen molar-refractivity contribution in [2.45, 2.75) is 26.8 Å². The second-order valence-corrected chi connectivity index (χ2v) is 3.72. The standard InChI is InChI=1S/C10H15N7O/c1-4-18-10-6(2)8(11-5-12-10)13-7(3)9-14-16-17-15-9/h5,7H,4H2,1-3H3,(H,11,12,13)(H,14,15,16,17). The molecule has 0 saturated carbocycles. The molecule has 0 bridgehead atoms. The lowest BCUT2D eigenvalue weighted by atomic mass is 10.2. The monoisotopic (exact) mass is 249 g/mol. The van der Waals surface area contributed by atoms with E-state index in [1.54, 1.807) is 0 Å². The maximum absolute atomic E-state index is 5.41. The summed E-state index contributed by atoms with van der Waals surface area (Å²) in [4.78, 5) is 8.26. The molecule has 0 spiro atoms. The highest BCUT2D eigenvalue weighted by molar-refractivity contribution is 5.48. The second-order valence-electron chi connectivity index (χ2n) is 3.72. The molecule has 0 aliphatic heterocycles. The molecule has 96 valence electrons. The van der Waals surface area contributed by atoms with Crippen LogP contribution in [0.1, 0.15) is 31.3 Å². The molecule has 1 atom stereocenters. The van der Waals surface area contributed by atoms with Crippen molar-refractivity contribution in [3.63, 3.8) is 0 Å². The van der Waals surface area contributed by atoms with Crippen molar-refractivity contribution < 1.29 is 4.74 Å². The van der Waals surface area contributed by atoms with Gasteiger partial charge in [0.25, 0.3) is 0 Å². The van der Waals surface area contributed by atoms with Crippen molar-refractivity contribution in [3.05, 3.63) is 17.7 Å². The van der Waals surface area contributed by atoms with Crippen molar-refractivity contribution in [1.29, 1.82) is 0 Å². The summed E-state index contributed by atoms with van der Waals surface area (Å²) in [6, 6.07) is -0.105. The van der Waals surface area contributed by atoms with Gasteiger partial charge in [0.1, 0.15) is 12.1 Å². The van der Waals surface area contributed by atoms with Gasteiger partial charge in [-0.15, -0.1) is 10.2 Å². The molecule has 0 aliphatic carbocycles. The number of nitrogens with zero attached hydrogens (tertiary/aromatic N) is 5. The zero-order valence-corrected chi connectivity index (χ0v) is 10.5. The van der Waals surface area contributed by atoms with E-state index in [1.165, 1.54) is 6.33 Å². The molecule has 1 unspecified atom stereocenters. The predicted octanol–water partition coefficient (Wildman–Crippen LogP) is 0.870. The molecule has 0 saturated heterocycles. The lowest BCUT2D eigenvalue weighted by Crippen LogP contribution is -2.12. The Morgan fingerprint density at radius 2 is 2.28 bits per heavy atom. The fourth-order valence-electron chi connectivity index (χ4n) is 1.48. The molecule has 0 radical (unpaired) electrons. The highest BCUT2D eigenvalue weighted by Crippen LogP contribution is 2.23. The molecule has 0 aromatic carbocycles. The first-order valence-electron chi connectivity index (χ1n) is 5.66. The summed E-state index contributed by atoms with van der Waals surface area (Å²) in [6.45, 7) is 6.30. The van der Waals surface area contributed by atoms with Crippen LogP contribution in [0.3, 0.4) is 0 Å². The van der Waals surface area contributed by atoms with Crippen LogP contribution in [0.15, 0.2) is 6.33 Å². The van der Waals surface area contributed by atoms with E-state index in [1.807, 2.05) is 20.8 Å². The normalized spacial score (nSPS) is 12.2. The molecule has 0 amide bonds. The van der Waals surface area contributed by atoms with Crippen LogP contribution in [0.5, 0.6) is 5.88 Å². The SMILES string of the molecule is CCOc1ncnc(NC(C)c2nn[nH]n2)c1C. The molecular weight excluding hydrogens is 234 g/mol. The van der Waals surface area contributed by atoms with Gasteiger partial charge in [-0.3, -0.25) is 0 Å². The fourth-order valence-corrected chi connectivity index (χ4v) is 1.48. The fraction of sp³-hybridized carbons (Fsp3) is 0.500. The first kappa shape index (κ1) is 12.2. The Morgan fingerprint density at radius 3 is 2.94 bits per heavy atom. The van der Waals surface area contributed by atoms with Crippen molar-refractivity contribution in [2.24, 2.45) is 0 Å². The third-order valence-electron chi connectivity index (χ3n) is 2.42. The Balaban J connectivity index is 2.16. The van der Waals surface area contributed by atoms with Crippen molar-refractivity contribution in [2.75, 3.05) is 11.9 Å². The molecule has 2 heterocycles. The molecule has 18 heavy (non-hydrogen) atoms. The minimum Gasteiger partial charge on any atom is -0.478 e. The summed E-state index contributed by atoms with van der Waals surface area (Å²) in [5.41, 5.74) is 0.856. The molecule has 2 N–H and O–H groups in total. The Labute approximate surface area is 104 Å². The maximum Gasteiger partial charge on any atom is 0.221 e. The zero-order chi connectivity index (χ0) is 13.0. The summed E-state index contributed by atoms with van der Waals surface area (Å²) < 4.78 is 5.41. The third-order valence-corrected chi connectivity index (χ3v) is 2.42. The number of aromatic nitrogens is 6. The average Bonchev–Trinajstić information content (AvgIpc) is 2.88. The predicted molar refractivity (Wildman–Crippen MR) is 64.2 cm³/mol. The number of ether oxygens (including phenoxy) is 1. The summed E-state index contributed by atoms with van der Waals surface area (Å²) in [7, 11) is 0. The van der Waals surface area contributed by atoms with E-state index in [9.17, 15) is 0 Å². The average molecular weight is 249 g/mol. The molecule has 0 aliphatic rings. The first-order valence-corrected chi connectivity index (χ1v) is 5.66. The maximum atomic E-state index is 5.41. The van der Waals surface area contributed by atoms with Gasteiger partial charge in [-0.1, -0.05) is 5.21 Å². The van der Waals surface area contributed by atoms with Gasteiger partial charge in [-0.05, 0) is 20.8 Å². The largest absolute Gasteiger partial charge is 0.478 e. The zero-order valence-electron chi connectivity index (χ0n) is 10.5. The lowest BCUT2D eigenvalue weighted by molar-refractivity contribution is 0.324. The summed E-state index contributed by atoms with van der Waals surface area (Å²) in [5, 5.41) is 17.0. The third kappa shape index (κ3) is 2.53. The minimum absolute atomic E-state index is 0.105. The summed E-state index contributed by atoms with van der Waals surface area (Å²) >= 11 is 0. The van der Waals surface area contributed by atoms with E-state index < -0.39 is 0 Å². The minimum atomic E-state index is -0.105. The van der Waals surface area contributed by atoms with Crippen LogP contribution in [0.4, 0.5) is 5.82 Å². The highest BCUT2D eigenvalue weighted by atomic mass is 16.5. The number of anilines is 1. The molecule has 8 heteroatoms. The van der Waals surface area contributed by atoms with Crippen molar-refractivity contribution in [1.82, 2.24) is 30.6 Å². The van der Waals surface area contributed by atoms with Crippen LogP contribution in [0.25, 0.3) is 0 Å². The Bertz CT molecular complexity index is 499. The lowest BCUT2D eigenvalue weighted by Gasteiger charge is -2.14. The van der Waals surface area contributed by atoms with Gasteiger partial charge >= 0.3 is 0 Å². The van der Waals surface area contributed by atoms with Crippen LogP contribution < -0.4 is 10.1 Å². The van der Waals surface area contributed by atoms with Gasteiger partial charge < -0.3 is 10.1 Å². The van der Waals surface area contributed by atoms with Gasteiger partial charge in [0.05, 0.1) is 18.2 Å². The van der Waals surface area contributed by atoms with Gasteiger partial charge in [0.15, 0.2) is 5.82 Å². The van der Waals surface area contributed by atoms with Crippen LogP contribution in [-0.4, -0.2) is 37.2 Å². The van der Waals surface area contributed by atoms with Gasteiger partial charge in [-0.2, -0.15) is 5.21 Å². The van der Waals surface area contributed by atoms with E-state index in [0.29, 0.717) is 24.1 Å². The number of H-pyrrole nitrogens is 1. The van der Waals surface area contributed by atoms with Crippen molar-refractivity contribution in [3.8, 4) is 5.88 Å². The van der Waals surface area contributed by atoms with E-state index >= 15 is 0 Å². The molecule has 2 aromatic rings. The van der Waals surface area contributed by atoms with Crippen LogP contribution >= 0.6 is 0 Å². The molecule has 2 aromatic heterocycles. The van der Waals surface area contributed by atoms with Crippen LogP contribution in [-0.2, 0) is 0 Å². The van der Waals surface area contributed by atoms with E-state index in [4.69, 9.17) is 4.74 Å². The van der Waals surface area contributed by atoms with E-state index in [0.717, 1.165) is 5.56 Å². The first-order chi connectivity index (χ1) is 8.72. The number of hydrogen-bond acceptors (Lipinski definition) is 7. The number of rotatable bonds is 5. The summed E-state index contributed by atoms with van der Waals surface area (Å²) in [6.07, 6.45) is 1.46. The molecular formula is C10H15N7O. The quantitative estimate of drug-likeness (QED) is 0.810. The number of aromatic amines is 1. The number of hydrogen-bond donors (Lipinski definition) is 2. The van der Waals surface area contributed by atoms with E-state index in [-0.39, 0.29) is 6.04 Å². The van der Waals surface area contributed by atoms with Crippen LogP contribution in [0.2, 0.25) is 0 Å². The number of tetrazole rings is 1. The Hall–Kier alpha value is -2.25. The topological polar surface area (TPSA) is 102 Å². The highest BCUT2D eigenvalue weighted by Gasteiger charge is 2.14. The van der Waals surface area contributed by atoms with E-state index in [2.05, 4.69) is 35.9 Å². The van der Waals surface area contributed by atoms with Gasteiger partial charge in [-0.25, -0.2) is 9.97 Å². The number of nitrogens with one attached hydrogen (secondary N) is 2. The Morgan fingerprint density at radius 1 is 1.44 bits per heavy atom. The molecule has 0 fully saturated rings. The molecule has 2 rings (SSSR count). The smallest absolute Gasteiger partial charge is 0.221 e. The van der Waals surface area contributed by atoms with Gasteiger partial charge in [0, 0.05) is 0 Å². The second kappa shape index (κ2) is 5.39. The molecule has 8 nitrogen and oxygen atoms in total. The summed E-state index contributed by atoms with van der Waals surface area (Å²) in [5.74, 6) is 1.85.